The Bertz CT molecular complexity index is 980. The highest BCUT2D eigenvalue weighted by Crippen LogP contribution is 2.36. The van der Waals surface area contributed by atoms with Crippen LogP contribution in [0.5, 0.6) is 5.75 Å². The number of carbonyl (C=O) groups is 2. The molecule has 6 nitrogen and oxygen atoms in total. The topological polar surface area (TPSA) is 61.9 Å². The van der Waals surface area contributed by atoms with Gasteiger partial charge >= 0.3 is 0 Å². The van der Waals surface area contributed by atoms with Crippen LogP contribution in [0.1, 0.15) is 44.2 Å². The number of carbonyl (C=O) groups excluding carboxylic acids is 2. The Balaban J connectivity index is 1.70. The number of benzene rings is 2. The zero-order valence-electron chi connectivity index (χ0n) is 19.6. The molecule has 2 aromatic carbocycles. The van der Waals surface area contributed by atoms with Gasteiger partial charge in [0.2, 0.25) is 5.91 Å². The molecule has 2 amide bonds. The second-order valence-corrected chi connectivity index (χ2v) is 8.73. The number of ether oxygens (including phenoxy) is 1. The first-order chi connectivity index (χ1) is 15.2. The molecule has 2 aromatic rings. The molecular weight excluding hydrogens is 402 g/mol. The second kappa shape index (κ2) is 10.5. The molecule has 0 spiro atoms. The van der Waals surface area contributed by atoms with Crippen molar-refractivity contribution in [1.82, 2.24) is 4.90 Å². The van der Waals surface area contributed by atoms with E-state index >= 15 is 0 Å². The molecule has 0 radical (unpaired) electrons. The van der Waals surface area contributed by atoms with Crippen LogP contribution in [0, 0.1) is 0 Å². The number of amides is 2. The Morgan fingerprint density at radius 1 is 1.19 bits per heavy atom. The van der Waals surface area contributed by atoms with Gasteiger partial charge in [0.15, 0.2) is 6.10 Å². The van der Waals surface area contributed by atoms with E-state index in [1.165, 1.54) is 11.6 Å². The first-order valence-corrected chi connectivity index (χ1v) is 11.1. The predicted molar refractivity (Wildman–Crippen MR) is 130 cm³/mol. The molecule has 0 saturated heterocycles. The standard InChI is InChI=1S/C26H33N3O3/c1-18(2)21-10-7-20(8-11-21)9-14-25(30)27-22-12-13-24-23(17-22)29(16-6-15-28(4)5)26(31)19(3)32-24/h7-14,17-19H,6,15-16H2,1-5H3,(H,27,30)/b14-9+. The zero-order valence-corrected chi connectivity index (χ0v) is 19.6. The Morgan fingerprint density at radius 2 is 1.91 bits per heavy atom. The van der Waals surface area contributed by atoms with Gasteiger partial charge in [-0.25, -0.2) is 0 Å². The van der Waals surface area contributed by atoms with Gasteiger partial charge in [0.25, 0.3) is 5.91 Å². The van der Waals surface area contributed by atoms with Crippen molar-refractivity contribution in [3.8, 4) is 5.75 Å². The molecule has 0 aromatic heterocycles. The van der Waals surface area contributed by atoms with Crippen molar-refractivity contribution in [2.75, 3.05) is 37.4 Å². The third-order valence-electron chi connectivity index (χ3n) is 5.45. The van der Waals surface area contributed by atoms with Crippen LogP contribution in [0.3, 0.4) is 0 Å². The molecule has 0 aliphatic carbocycles. The van der Waals surface area contributed by atoms with Crippen LogP contribution in [0.15, 0.2) is 48.5 Å². The van der Waals surface area contributed by atoms with E-state index in [1.807, 2.05) is 26.2 Å². The first kappa shape index (κ1) is 23.5. The number of rotatable bonds is 8. The lowest BCUT2D eigenvalue weighted by molar-refractivity contribution is -0.125. The summed E-state index contributed by atoms with van der Waals surface area (Å²) in [6.45, 7) is 7.55. The molecule has 3 rings (SSSR count). The maximum atomic E-state index is 12.7. The van der Waals surface area contributed by atoms with Crippen LogP contribution in [-0.4, -0.2) is 50.0 Å². The van der Waals surface area contributed by atoms with Gasteiger partial charge in [0, 0.05) is 18.3 Å². The van der Waals surface area contributed by atoms with E-state index in [0.717, 1.165) is 18.5 Å². The van der Waals surface area contributed by atoms with Gasteiger partial charge in [-0.2, -0.15) is 0 Å². The van der Waals surface area contributed by atoms with Gasteiger partial charge in [0.05, 0.1) is 5.69 Å². The normalized spacial score (nSPS) is 15.9. The van der Waals surface area contributed by atoms with E-state index < -0.39 is 6.10 Å². The zero-order chi connectivity index (χ0) is 23.3. The number of anilines is 2. The highest BCUT2D eigenvalue weighted by molar-refractivity contribution is 6.04. The summed E-state index contributed by atoms with van der Waals surface area (Å²) in [6, 6.07) is 13.6. The van der Waals surface area contributed by atoms with Gasteiger partial charge in [-0.15, -0.1) is 0 Å². The SMILES string of the molecule is CC1Oc2ccc(NC(=O)/C=C/c3ccc(C(C)C)cc3)cc2N(CCCN(C)C)C1=O. The minimum absolute atomic E-state index is 0.0653. The summed E-state index contributed by atoms with van der Waals surface area (Å²) in [4.78, 5) is 29.0. The third-order valence-corrected chi connectivity index (χ3v) is 5.45. The lowest BCUT2D eigenvalue weighted by Crippen LogP contribution is -2.45. The van der Waals surface area contributed by atoms with Gasteiger partial charge in [-0.3, -0.25) is 9.59 Å². The maximum Gasteiger partial charge on any atom is 0.267 e. The second-order valence-electron chi connectivity index (χ2n) is 8.73. The predicted octanol–water partition coefficient (Wildman–Crippen LogP) is 4.53. The van der Waals surface area contributed by atoms with Crippen molar-refractivity contribution in [2.45, 2.75) is 39.2 Å². The Kier molecular flexibility index (Phi) is 7.70. The highest BCUT2D eigenvalue weighted by atomic mass is 16.5. The van der Waals surface area contributed by atoms with Crippen LogP contribution in [-0.2, 0) is 9.59 Å². The molecule has 0 saturated carbocycles. The first-order valence-electron chi connectivity index (χ1n) is 11.1. The van der Waals surface area contributed by atoms with E-state index in [9.17, 15) is 9.59 Å². The monoisotopic (exact) mass is 435 g/mol. The Labute approximate surface area is 190 Å². The smallest absolute Gasteiger partial charge is 0.267 e. The largest absolute Gasteiger partial charge is 0.479 e. The Morgan fingerprint density at radius 3 is 2.56 bits per heavy atom. The fraction of sp³-hybridized carbons (Fsp3) is 0.385. The molecule has 32 heavy (non-hydrogen) atoms. The van der Waals surface area contributed by atoms with E-state index in [0.29, 0.717) is 29.6 Å². The number of nitrogens with one attached hydrogen (secondary N) is 1. The molecule has 1 heterocycles. The van der Waals surface area contributed by atoms with Crippen LogP contribution in [0.2, 0.25) is 0 Å². The lowest BCUT2D eigenvalue weighted by atomic mass is 10.0. The van der Waals surface area contributed by atoms with Crippen LogP contribution in [0.4, 0.5) is 11.4 Å². The van der Waals surface area contributed by atoms with Crippen molar-refractivity contribution < 1.29 is 14.3 Å². The van der Waals surface area contributed by atoms with Crippen molar-refractivity contribution in [1.29, 1.82) is 0 Å². The van der Waals surface area contributed by atoms with E-state index in [4.69, 9.17) is 4.74 Å². The van der Waals surface area contributed by atoms with Gasteiger partial charge in [-0.1, -0.05) is 38.1 Å². The molecule has 1 unspecified atom stereocenters. The van der Waals surface area contributed by atoms with E-state index in [1.54, 1.807) is 36.1 Å². The molecule has 1 aliphatic rings. The quantitative estimate of drug-likeness (QED) is 0.619. The molecular formula is C26H33N3O3. The highest BCUT2D eigenvalue weighted by Gasteiger charge is 2.31. The summed E-state index contributed by atoms with van der Waals surface area (Å²) in [5, 5.41) is 2.89. The number of hydrogen-bond donors (Lipinski definition) is 1. The Hall–Kier alpha value is -3.12. The molecule has 170 valence electrons. The summed E-state index contributed by atoms with van der Waals surface area (Å²) in [6.07, 6.45) is 3.63. The minimum Gasteiger partial charge on any atom is -0.479 e. The number of hydrogen-bond acceptors (Lipinski definition) is 4. The minimum atomic E-state index is -0.521. The molecule has 1 atom stereocenters. The van der Waals surface area contributed by atoms with Gasteiger partial charge in [-0.05, 0) is 75.3 Å². The van der Waals surface area contributed by atoms with Gasteiger partial charge < -0.3 is 19.9 Å². The molecule has 6 heteroatoms. The summed E-state index contributed by atoms with van der Waals surface area (Å²) < 4.78 is 5.77. The average molecular weight is 436 g/mol. The van der Waals surface area contributed by atoms with E-state index in [2.05, 4.69) is 36.2 Å². The van der Waals surface area contributed by atoms with Gasteiger partial charge in [0.1, 0.15) is 5.75 Å². The van der Waals surface area contributed by atoms with Crippen LogP contribution in [0.25, 0.3) is 6.08 Å². The van der Waals surface area contributed by atoms with Crippen LogP contribution >= 0.6 is 0 Å². The molecule has 1 aliphatic heterocycles. The fourth-order valence-corrected chi connectivity index (χ4v) is 3.61. The lowest BCUT2D eigenvalue weighted by Gasteiger charge is -2.33. The van der Waals surface area contributed by atoms with Crippen LogP contribution < -0.4 is 15.0 Å². The number of fused-ring (bicyclic) bond motifs is 1. The summed E-state index contributed by atoms with van der Waals surface area (Å²) >= 11 is 0. The summed E-state index contributed by atoms with van der Waals surface area (Å²) in [5.74, 6) is 0.834. The molecule has 0 fully saturated rings. The maximum absolute atomic E-state index is 12.7. The van der Waals surface area contributed by atoms with E-state index in [-0.39, 0.29) is 11.8 Å². The van der Waals surface area contributed by atoms with Crippen molar-refractivity contribution in [3.63, 3.8) is 0 Å². The summed E-state index contributed by atoms with van der Waals surface area (Å²) in [5.41, 5.74) is 3.55. The molecule has 1 N–H and O–H groups in total. The average Bonchev–Trinajstić information content (AvgIpc) is 2.75. The number of nitrogens with zero attached hydrogens (tertiary/aromatic N) is 2. The molecule has 0 bridgehead atoms. The fourth-order valence-electron chi connectivity index (χ4n) is 3.61. The summed E-state index contributed by atoms with van der Waals surface area (Å²) in [7, 11) is 4.02. The van der Waals surface area contributed by atoms with Crippen molar-refractivity contribution >= 4 is 29.3 Å². The van der Waals surface area contributed by atoms with Crippen molar-refractivity contribution in [3.05, 3.63) is 59.7 Å². The third kappa shape index (κ3) is 5.98. The van der Waals surface area contributed by atoms with Crippen molar-refractivity contribution in [2.24, 2.45) is 0 Å².